The molecule has 8 nitrogen and oxygen atoms in total. The fourth-order valence-electron chi connectivity index (χ4n) is 4.89. The van der Waals surface area contributed by atoms with Crippen molar-refractivity contribution < 1.29 is 13.6 Å². The van der Waals surface area contributed by atoms with Crippen LogP contribution >= 0.6 is 11.3 Å². The van der Waals surface area contributed by atoms with Crippen molar-refractivity contribution in [3.63, 3.8) is 0 Å². The second-order valence-electron chi connectivity index (χ2n) is 8.65. The number of amides is 2. The molecular formula is C22H25F2N7OS. The van der Waals surface area contributed by atoms with Crippen molar-refractivity contribution >= 4 is 34.1 Å². The minimum absolute atomic E-state index is 0.0217. The topological polar surface area (TPSA) is 95.9 Å². The lowest BCUT2D eigenvalue weighted by atomic mass is 9.97. The number of hydrogen-bond donors (Lipinski definition) is 2. The van der Waals surface area contributed by atoms with Crippen LogP contribution in [0.2, 0.25) is 0 Å². The van der Waals surface area contributed by atoms with Crippen LogP contribution in [0.15, 0.2) is 24.4 Å². The number of fused-ring (bicyclic) bond motifs is 3. The molecule has 33 heavy (non-hydrogen) atoms. The molecule has 0 aliphatic carbocycles. The highest BCUT2D eigenvalue weighted by atomic mass is 32.1. The maximum atomic E-state index is 13.1. The van der Waals surface area contributed by atoms with Crippen molar-refractivity contribution in [1.29, 1.82) is 0 Å². The van der Waals surface area contributed by atoms with Gasteiger partial charge in [-0.05, 0) is 44.7 Å². The molecule has 2 aliphatic rings. The molecule has 2 amide bonds. The molecule has 5 rings (SSSR count). The number of alkyl halides is 2. The van der Waals surface area contributed by atoms with E-state index in [0.717, 1.165) is 33.9 Å². The van der Waals surface area contributed by atoms with Gasteiger partial charge in [0.1, 0.15) is 29.9 Å². The number of aryl methyl sites for hydroxylation is 1. The molecule has 2 bridgehead atoms. The third kappa shape index (κ3) is 4.51. The standard InChI is InChI=1S/C22H25F2N7OS/c1-12-29-30-21(33-12)18-5-2-13-11-25-20(8-19(13)27-18)28-22(32)31-16-3-4-17(31)7-14(6-16)26-15(9-23)10-24/h2,5,8,11,14-17,26H,3-4,6-7,9-10H2,1H3,(H,25,28,32)/t14-,16+,17-. The Morgan fingerprint density at radius 1 is 1.21 bits per heavy atom. The highest BCUT2D eigenvalue weighted by molar-refractivity contribution is 7.14. The number of carbonyl (C=O) groups is 1. The molecule has 2 aliphatic heterocycles. The Labute approximate surface area is 193 Å². The molecule has 5 heterocycles. The van der Waals surface area contributed by atoms with Crippen LogP contribution in [0.4, 0.5) is 19.4 Å². The van der Waals surface area contributed by atoms with Crippen LogP contribution in [0.5, 0.6) is 0 Å². The number of piperidine rings is 1. The number of urea groups is 1. The summed E-state index contributed by atoms with van der Waals surface area (Å²) in [6.07, 6.45) is 4.86. The van der Waals surface area contributed by atoms with E-state index < -0.39 is 19.4 Å². The predicted octanol–water partition coefficient (Wildman–Crippen LogP) is 3.88. The van der Waals surface area contributed by atoms with Gasteiger partial charge in [0, 0.05) is 35.8 Å². The fourth-order valence-corrected chi connectivity index (χ4v) is 5.55. The summed E-state index contributed by atoms with van der Waals surface area (Å²) in [6.45, 7) is 0.440. The minimum atomic E-state index is -0.766. The normalized spacial score (nSPS) is 22.3. The third-order valence-electron chi connectivity index (χ3n) is 6.37. The van der Waals surface area contributed by atoms with E-state index >= 15 is 0 Å². The van der Waals surface area contributed by atoms with Gasteiger partial charge in [0.25, 0.3) is 0 Å². The number of hydrogen-bond acceptors (Lipinski definition) is 7. The van der Waals surface area contributed by atoms with Crippen LogP contribution in [-0.2, 0) is 0 Å². The minimum Gasteiger partial charge on any atom is -0.318 e. The molecule has 3 aromatic rings. The summed E-state index contributed by atoms with van der Waals surface area (Å²) in [5.74, 6) is 0.431. The van der Waals surface area contributed by atoms with Crippen molar-refractivity contribution in [3.05, 3.63) is 29.4 Å². The summed E-state index contributed by atoms with van der Waals surface area (Å²) in [6, 6.07) is 4.72. The van der Waals surface area contributed by atoms with Gasteiger partial charge < -0.3 is 10.2 Å². The molecule has 3 aromatic heterocycles. The number of nitrogens with one attached hydrogen (secondary N) is 2. The number of aromatic nitrogens is 4. The van der Waals surface area contributed by atoms with Crippen LogP contribution in [0.1, 0.15) is 30.7 Å². The van der Waals surface area contributed by atoms with Gasteiger partial charge in [-0.3, -0.25) is 5.32 Å². The van der Waals surface area contributed by atoms with Crippen molar-refractivity contribution in [2.75, 3.05) is 18.7 Å². The van der Waals surface area contributed by atoms with E-state index in [2.05, 4.69) is 30.8 Å². The van der Waals surface area contributed by atoms with E-state index in [4.69, 9.17) is 0 Å². The molecule has 2 fully saturated rings. The zero-order valence-electron chi connectivity index (χ0n) is 18.2. The van der Waals surface area contributed by atoms with E-state index in [-0.39, 0.29) is 24.2 Å². The maximum Gasteiger partial charge on any atom is 0.323 e. The molecule has 0 aromatic carbocycles. The van der Waals surface area contributed by atoms with E-state index in [1.807, 2.05) is 24.0 Å². The molecule has 2 N–H and O–H groups in total. The number of anilines is 1. The quantitative estimate of drug-likeness (QED) is 0.564. The van der Waals surface area contributed by atoms with E-state index in [0.29, 0.717) is 24.2 Å². The van der Waals surface area contributed by atoms with Gasteiger partial charge in [-0.2, -0.15) is 0 Å². The van der Waals surface area contributed by atoms with E-state index in [1.165, 1.54) is 11.3 Å². The van der Waals surface area contributed by atoms with Crippen LogP contribution in [-0.4, -0.2) is 68.6 Å². The first-order chi connectivity index (χ1) is 16.0. The molecular weight excluding hydrogens is 448 g/mol. The summed E-state index contributed by atoms with van der Waals surface area (Å²) in [7, 11) is 0. The van der Waals surface area contributed by atoms with Crippen LogP contribution in [0.3, 0.4) is 0 Å². The molecule has 0 unspecified atom stereocenters. The monoisotopic (exact) mass is 473 g/mol. The second-order valence-corrected chi connectivity index (χ2v) is 9.83. The highest BCUT2D eigenvalue weighted by Crippen LogP contribution is 2.36. The van der Waals surface area contributed by atoms with Gasteiger partial charge in [0.05, 0.1) is 11.6 Å². The third-order valence-corrected chi connectivity index (χ3v) is 7.23. The Kier molecular flexibility index (Phi) is 6.15. The lowest BCUT2D eigenvalue weighted by Gasteiger charge is -2.39. The zero-order chi connectivity index (χ0) is 22.9. The first-order valence-electron chi connectivity index (χ1n) is 11.1. The summed E-state index contributed by atoms with van der Waals surface area (Å²) in [4.78, 5) is 24.0. The number of pyridine rings is 2. The Hall–Kier alpha value is -2.79. The van der Waals surface area contributed by atoms with Gasteiger partial charge in [0.15, 0.2) is 5.01 Å². The lowest BCUT2D eigenvalue weighted by molar-refractivity contribution is 0.133. The first-order valence-corrected chi connectivity index (χ1v) is 11.9. The van der Waals surface area contributed by atoms with Crippen molar-refractivity contribution in [1.82, 2.24) is 30.4 Å². The number of rotatable bonds is 6. The SMILES string of the molecule is Cc1nnc(-c2ccc3cnc(NC(=O)N4[C@@H]5CC[C@H]4C[C@@H](NC(CF)CF)C5)cc3n2)s1. The van der Waals surface area contributed by atoms with E-state index in [1.54, 1.807) is 12.3 Å². The van der Waals surface area contributed by atoms with Crippen molar-refractivity contribution in [2.24, 2.45) is 0 Å². The largest absolute Gasteiger partial charge is 0.323 e. The Morgan fingerprint density at radius 3 is 2.64 bits per heavy atom. The number of carbonyl (C=O) groups excluding carboxylic acids is 1. The van der Waals surface area contributed by atoms with Gasteiger partial charge in [-0.15, -0.1) is 10.2 Å². The average Bonchev–Trinajstić information content (AvgIpc) is 3.37. The van der Waals surface area contributed by atoms with Crippen LogP contribution in [0.25, 0.3) is 21.6 Å². The molecule has 11 heteroatoms. The van der Waals surface area contributed by atoms with Crippen molar-refractivity contribution in [3.8, 4) is 10.7 Å². The van der Waals surface area contributed by atoms with Crippen LogP contribution < -0.4 is 10.6 Å². The van der Waals surface area contributed by atoms with Crippen molar-refractivity contribution in [2.45, 2.75) is 56.8 Å². The predicted molar refractivity (Wildman–Crippen MR) is 123 cm³/mol. The molecule has 0 saturated carbocycles. The second kappa shape index (κ2) is 9.22. The van der Waals surface area contributed by atoms with E-state index in [9.17, 15) is 13.6 Å². The highest BCUT2D eigenvalue weighted by Gasteiger charge is 2.43. The lowest BCUT2D eigenvalue weighted by Crippen LogP contribution is -2.54. The van der Waals surface area contributed by atoms with Gasteiger partial charge in [-0.25, -0.2) is 23.5 Å². The summed E-state index contributed by atoms with van der Waals surface area (Å²) in [5, 5.41) is 16.7. The van der Waals surface area contributed by atoms with Gasteiger partial charge in [-0.1, -0.05) is 11.3 Å². The molecule has 174 valence electrons. The number of halogens is 2. The Balaban J connectivity index is 1.29. The number of nitrogens with zero attached hydrogens (tertiary/aromatic N) is 5. The maximum absolute atomic E-state index is 13.1. The Morgan fingerprint density at radius 2 is 1.97 bits per heavy atom. The summed E-state index contributed by atoms with van der Waals surface area (Å²) < 4.78 is 25.8. The summed E-state index contributed by atoms with van der Waals surface area (Å²) >= 11 is 1.47. The smallest absolute Gasteiger partial charge is 0.318 e. The zero-order valence-corrected chi connectivity index (χ0v) is 19.0. The fraction of sp³-hybridized carbons (Fsp3) is 0.500. The molecule has 0 radical (unpaired) electrons. The average molecular weight is 474 g/mol. The molecule has 3 atom stereocenters. The van der Waals surface area contributed by atoms with Gasteiger partial charge in [0.2, 0.25) is 0 Å². The molecule has 2 saturated heterocycles. The van der Waals surface area contributed by atoms with Crippen LogP contribution in [0, 0.1) is 6.92 Å². The first kappa shape index (κ1) is 22.0. The summed E-state index contributed by atoms with van der Waals surface area (Å²) in [5.41, 5.74) is 1.43. The molecule has 0 spiro atoms. The van der Waals surface area contributed by atoms with Gasteiger partial charge >= 0.3 is 6.03 Å². The Bertz CT molecular complexity index is 1140.